The smallest absolute Gasteiger partial charge is 0.129 e. The standard InChI is InChI=1S/C19H28OSi/c1-7-16(12-11-15-21(4,5)6)18(20)19(2,3)17-13-9-8-10-14-17/h7-10,13-14,16,18,20H,1,12H2,2-6H3/t16-,18+/m0/s1. The van der Waals surface area contributed by atoms with E-state index in [0.29, 0.717) is 6.42 Å². The fourth-order valence-electron chi connectivity index (χ4n) is 2.33. The predicted molar refractivity (Wildman–Crippen MR) is 94.9 cm³/mol. The van der Waals surface area contributed by atoms with E-state index in [0.717, 1.165) is 5.56 Å². The molecule has 0 saturated carbocycles. The molecular weight excluding hydrogens is 272 g/mol. The maximum Gasteiger partial charge on any atom is 0.129 e. The molecule has 0 spiro atoms. The highest BCUT2D eigenvalue weighted by molar-refractivity contribution is 6.83. The number of rotatable bonds is 5. The first kappa shape index (κ1) is 17.7. The van der Waals surface area contributed by atoms with Gasteiger partial charge in [-0.25, -0.2) is 0 Å². The van der Waals surface area contributed by atoms with Gasteiger partial charge in [-0.3, -0.25) is 0 Å². The van der Waals surface area contributed by atoms with Crippen LogP contribution in [0, 0.1) is 17.4 Å². The lowest BCUT2D eigenvalue weighted by Crippen LogP contribution is -2.38. The quantitative estimate of drug-likeness (QED) is 0.485. The predicted octanol–water partition coefficient (Wildman–Crippen LogP) is 4.40. The SMILES string of the molecule is C=C[C@@H](CC#C[Si](C)(C)C)[C@@H](O)C(C)(C)c1ccccc1. The molecule has 0 amide bonds. The molecule has 1 aromatic carbocycles. The molecule has 0 radical (unpaired) electrons. The molecule has 0 unspecified atom stereocenters. The molecular formula is C19H28OSi. The molecule has 0 heterocycles. The van der Waals surface area contributed by atoms with Crippen LogP contribution in [-0.2, 0) is 5.41 Å². The zero-order chi connectivity index (χ0) is 16.1. The number of aliphatic hydroxyl groups is 1. The minimum atomic E-state index is -1.36. The van der Waals surface area contributed by atoms with Crippen molar-refractivity contribution in [3.63, 3.8) is 0 Å². The minimum absolute atomic E-state index is 0.0101. The van der Waals surface area contributed by atoms with Crippen LogP contribution < -0.4 is 0 Å². The van der Waals surface area contributed by atoms with Gasteiger partial charge in [0.05, 0.1) is 6.10 Å². The largest absolute Gasteiger partial charge is 0.392 e. The second-order valence-electron chi connectivity index (χ2n) is 7.19. The van der Waals surface area contributed by atoms with Gasteiger partial charge in [0.15, 0.2) is 0 Å². The number of hydrogen-bond acceptors (Lipinski definition) is 1. The monoisotopic (exact) mass is 300 g/mol. The first-order valence-electron chi connectivity index (χ1n) is 7.54. The highest BCUT2D eigenvalue weighted by Gasteiger charge is 2.33. The summed E-state index contributed by atoms with van der Waals surface area (Å²) in [4.78, 5) is 0. The third-order valence-electron chi connectivity index (χ3n) is 3.77. The summed E-state index contributed by atoms with van der Waals surface area (Å²) in [5.41, 5.74) is 4.19. The van der Waals surface area contributed by atoms with E-state index in [1.54, 1.807) is 0 Å². The lowest BCUT2D eigenvalue weighted by atomic mass is 9.73. The Hall–Kier alpha value is -1.30. The van der Waals surface area contributed by atoms with Gasteiger partial charge in [0.1, 0.15) is 8.07 Å². The molecule has 1 aromatic rings. The van der Waals surface area contributed by atoms with Crippen LogP contribution in [-0.4, -0.2) is 19.3 Å². The summed E-state index contributed by atoms with van der Waals surface area (Å²) in [6.07, 6.45) is 2.02. The van der Waals surface area contributed by atoms with Gasteiger partial charge >= 0.3 is 0 Å². The summed E-state index contributed by atoms with van der Waals surface area (Å²) in [5, 5.41) is 10.8. The summed E-state index contributed by atoms with van der Waals surface area (Å²) < 4.78 is 0. The lowest BCUT2D eigenvalue weighted by molar-refractivity contribution is 0.0630. The van der Waals surface area contributed by atoms with Crippen molar-refractivity contribution in [3.05, 3.63) is 48.6 Å². The number of aliphatic hydroxyl groups excluding tert-OH is 1. The Morgan fingerprint density at radius 1 is 1.24 bits per heavy atom. The highest BCUT2D eigenvalue weighted by Crippen LogP contribution is 2.32. The van der Waals surface area contributed by atoms with Gasteiger partial charge in [-0.15, -0.1) is 18.0 Å². The zero-order valence-electron chi connectivity index (χ0n) is 14.0. The molecule has 114 valence electrons. The first-order chi connectivity index (χ1) is 9.68. The Kier molecular flexibility index (Phi) is 6.01. The Labute approximate surface area is 131 Å². The van der Waals surface area contributed by atoms with Crippen molar-refractivity contribution in [1.82, 2.24) is 0 Å². The van der Waals surface area contributed by atoms with Crippen molar-refractivity contribution >= 4 is 8.07 Å². The molecule has 1 rings (SSSR count). The average Bonchev–Trinajstić information content (AvgIpc) is 2.42. The Balaban J connectivity index is 2.90. The maximum absolute atomic E-state index is 10.8. The molecule has 0 fully saturated rings. The molecule has 0 aromatic heterocycles. The van der Waals surface area contributed by atoms with E-state index < -0.39 is 14.2 Å². The van der Waals surface area contributed by atoms with E-state index in [4.69, 9.17) is 0 Å². The maximum atomic E-state index is 10.8. The van der Waals surface area contributed by atoms with Crippen LogP contribution in [0.15, 0.2) is 43.0 Å². The van der Waals surface area contributed by atoms with Crippen molar-refractivity contribution in [1.29, 1.82) is 0 Å². The molecule has 0 bridgehead atoms. The summed E-state index contributed by atoms with van der Waals surface area (Å²) >= 11 is 0. The first-order valence-corrected chi connectivity index (χ1v) is 11.0. The van der Waals surface area contributed by atoms with Crippen molar-refractivity contribution in [2.45, 2.75) is 51.4 Å². The van der Waals surface area contributed by atoms with E-state index in [-0.39, 0.29) is 11.3 Å². The van der Waals surface area contributed by atoms with Crippen molar-refractivity contribution in [2.75, 3.05) is 0 Å². The van der Waals surface area contributed by atoms with E-state index in [1.165, 1.54) is 0 Å². The Morgan fingerprint density at radius 3 is 2.29 bits per heavy atom. The lowest BCUT2D eigenvalue weighted by Gasteiger charge is -2.34. The minimum Gasteiger partial charge on any atom is -0.392 e. The van der Waals surface area contributed by atoms with Crippen LogP contribution >= 0.6 is 0 Å². The van der Waals surface area contributed by atoms with Gasteiger partial charge in [-0.05, 0) is 5.56 Å². The van der Waals surface area contributed by atoms with Crippen LogP contribution in [0.4, 0.5) is 0 Å². The molecule has 1 nitrogen and oxygen atoms in total. The van der Waals surface area contributed by atoms with Gasteiger partial charge in [-0.1, -0.05) is 69.9 Å². The summed E-state index contributed by atoms with van der Waals surface area (Å²) in [6, 6.07) is 10.2. The molecule has 0 saturated heterocycles. The molecule has 2 atom stereocenters. The van der Waals surface area contributed by atoms with Crippen molar-refractivity contribution < 1.29 is 5.11 Å². The second kappa shape index (κ2) is 7.11. The van der Waals surface area contributed by atoms with Gasteiger partial charge in [0.2, 0.25) is 0 Å². The Morgan fingerprint density at radius 2 is 1.81 bits per heavy atom. The normalized spacial score (nSPS) is 14.8. The molecule has 0 aliphatic heterocycles. The van der Waals surface area contributed by atoms with Gasteiger partial charge in [-0.2, -0.15) is 0 Å². The molecule has 0 aliphatic rings. The average molecular weight is 301 g/mol. The van der Waals surface area contributed by atoms with Crippen molar-refractivity contribution in [3.8, 4) is 11.5 Å². The summed E-state index contributed by atoms with van der Waals surface area (Å²) in [5.74, 6) is 3.25. The molecule has 0 aliphatic carbocycles. The van der Waals surface area contributed by atoms with Crippen LogP contribution in [0.1, 0.15) is 25.8 Å². The van der Waals surface area contributed by atoms with Crippen LogP contribution in [0.5, 0.6) is 0 Å². The van der Waals surface area contributed by atoms with Crippen LogP contribution in [0.25, 0.3) is 0 Å². The van der Waals surface area contributed by atoms with Gasteiger partial charge in [0, 0.05) is 17.8 Å². The van der Waals surface area contributed by atoms with Crippen LogP contribution in [0.2, 0.25) is 19.6 Å². The molecule has 2 heteroatoms. The second-order valence-corrected chi connectivity index (χ2v) is 11.9. The van der Waals surface area contributed by atoms with Gasteiger partial charge in [0.25, 0.3) is 0 Å². The van der Waals surface area contributed by atoms with E-state index >= 15 is 0 Å². The molecule has 1 N–H and O–H groups in total. The van der Waals surface area contributed by atoms with Gasteiger partial charge < -0.3 is 5.11 Å². The van der Waals surface area contributed by atoms with Crippen molar-refractivity contribution in [2.24, 2.45) is 5.92 Å². The van der Waals surface area contributed by atoms with E-state index in [1.807, 2.05) is 24.3 Å². The number of benzene rings is 1. The summed E-state index contributed by atoms with van der Waals surface area (Å²) in [6.45, 7) is 14.7. The van der Waals surface area contributed by atoms with E-state index in [9.17, 15) is 5.11 Å². The molecule has 21 heavy (non-hydrogen) atoms. The summed E-state index contributed by atoms with van der Waals surface area (Å²) in [7, 11) is -1.36. The third-order valence-corrected chi connectivity index (χ3v) is 4.69. The number of hydrogen-bond donors (Lipinski definition) is 1. The van der Waals surface area contributed by atoms with Crippen LogP contribution in [0.3, 0.4) is 0 Å². The third kappa shape index (κ3) is 5.19. The fraction of sp³-hybridized carbons (Fsp3) is 0.474. The Bertz CT molecular complexity index is 514. The van der Waals surface area contributed by atoms with E-state index in [2.05, 4.69) is 63.7 Å². The topological polar surface area (TPSA) is 20.2 Å². The fourth-order valence-corrected chi connectivity index (χ4v) is 2.96. The zero-order valence-corrected chi connectivity index (χ0v) is 15.0. The highest BCUT2D eigenvalue weighted by atomic mass is 28.3.